The molecular formula is C16H17F3O4. The molecule has 0 spiro atoms. The third-order valence-electron chi connectivity index (χ3n) is 4.62. The molecular weight excluding hydrogens is 313 g/mol. The van der Waals surface area contributed by atoms with Gasteiger partial charge in [0.05, 0.1) is 11.0 Å². The van der Waals surface area contributed by atoms with Crippen molar-refractivity contribution in [2.45, 2.75) is 43.7 Å². The zero-order valence-electron chi connectivity index (χ0n) is 12.4. The van der Waals surface area contributed by atoms with Crippen molar-refractivity contribution in [3.8, 4) is 11.5 Å². The summed E-state index contributed by atoms with van der Waals surface area (Å²) in [7, 11) is 0. The monoisotopic (exact) mass is 330 g/mol. The molecule has 0 aromatic heterocycles. The van der Waals surface area contributed by atoms with Crippen molar-refractivity contribution >= 4 is 5.97 Å². The molecule has 1 aliphatic carbocycles. The van der Waals surface area contributed by atoms with E-state index in [1.165, 1.54) is 6.07 Å². The lowest BCUT2D eigenvalue weighted by atomic mass is 9.68. The van der Waals surface area contributed by atoms with Crippen LogP contribution in [-0.2, 0) is 16.4 Å². The van der Waals surface area contributed by atoms with E-state index in [4.69, 9.17) is 9.47 Å². The van der Waals surface area contributed by atoms with Gasteiger partial charge in [0.1, 0.15) is 13.2 Å². The van der Waals surface area contributed by atoms with Crippen molar-refractivity contribution in [1.82, 2.24) is 0 Å². The average Bonchev–Trinajstić information content (AvgIpc) is 2.53. The molecule has 1 aromatic rings. The zero-order chi connectivity index (χ0) is 16.7. The topological polar surface area (TPSA) is 55.8 Å². The third-order valence-corrected chi connectivity index (χ3v) is 4.62. The van der Waals surface area contributed by atoms with Gasteiger partial charge in [0.25, 0.3) is 0 Å². The average molecular weight is 330 g/mol. The normalized spacial score (nSPS) is 20.1. The number of rotatable bonds is 2. The minimum Gasteiger partial charge on any atom is -0.486 e. The summed E-state index contributed by atoms with van der Waals surface area (Å²) in [5, 5.41) is 9.70. The molecule has 1 heterocycles. The summed E-state index contributed by atoms with van der Waals surface area (Å²) in [5.74, 6) is -1.01. The van der Waals surface area contributed by atoms with Crippen molar-refractivity contribution in [3.05, 3.63) is 23.3 Å². The Hall–Kier alpha value is -1.92. The fourth-order valence-electron chi connectivity index (χ4n) is 3.47. The number of benzene rings is 1. The first-order chi connectivity index (χ1) is 10.8. The molecule has 1 aliphatic heterocycles. The van der Waals surface area contributed by atoms with E-state index in [1.54, 1.807) is 0 Å². The summed E-state index contributed by atoms with van der Waals surface area (Å²) >= 11 is 0. The Kier molecular flexibility index (Phi) is 3.90. The highest BCUT2D eigenvalue weighted by molar-refractivity contribution is 5.82. The Labute approximate surface area is 131 Å². The van der Waals surface area contributed by atoms with Crippen molar-refractivity contribution in [1.29, 1.82) is 0 Å². The summed E-state index contributed by atoms with van der Waals surface area (Å²) < 4.78 is 51.1. The van der Waals surface area contributed by atoms with Crippen molar-refractivity contribution in [3.63, 3.8) is 0 Å². The van der Waals surface area contributed by atoms with E-state index in [2.05, 4.69) is 0 Å². The van der Waals surface area contributed by atoms with Crippen molar-refractivity contribution in [2.75, 3.05) is 13.2 Å². The van der Waals surface area contributed by atoms with Gasteiger partial charge >= 0.3 is 12.1 Å². The lowest BCUT2D eigenvalue weighted by Crippen LogP contribution is -2.39. The van der Waals surface area contributed by atoms with Crippen LogP contribution < -0.4 is 9.47 Å². The van der Waals surface area contributed by atoms with E-state index in [0.29, 0.717) is 12.8 Å². The number of alkyl halides is 3. The van der Waals surface area contributed by atoms with E-state index in [9.17, 15) is 23.1 Å². The lowest BCUT2D eigenvalue weighted by molar-refractivity contribution is -0.147. The first kappa shape index (κ1) is 16.0. The quantitative estimate of drug-likeness (QED) is 0.897. The van der Waals surface area contributed by atoms with Crippen molar-refractivity contribution in [2.24, 2.45) is 0 Å². The van der Waals surface area contributed by atoms with Crippen LogP contribution in [0.3, 0.4) is 0 Å². The molecule has 0 bridgehead atoms. The summed E-state index contributed by atoms with van der Waals surface area (Å²) in [5.41, 5.74) is -2.66. The van der Waals surface area contributed by atoms with Gasteiger partial charge in [-0.1, -0.05) is 19.3 Å². The molecule has 3 rings (SSSR count). The molecule has 4 nitrogen and oxygen atoms in total. The van der Waals surface area contributed by atoms with Crippen LogP contribution in [-0.4, -0.2) is 24.3 Å². The highest BCUT2D eigenvalue weighted by atomic mass is 19.4. The smallest absolute Gasteiger partial charge is 0.416 e. The number of aliphatic carboxylic acids is 1. The minimum atomic E-state index is -4.65. The van der Waals surface area contributed by atoms with Crippen LogP contribution in [0.1, 0.15) is 43.2 Å². The first-order valence-corrected chi connectivity index (χ1v) is 7.59. The molecule has 0 saturated heterocycles. The number of carboxylic acids is 1. The Balaban J connectivity index is 2.21. The molecule has 1 aromatic carbocycles. The highest BCUT2D eigenvalue weighted by Gasteiger charge is 2.48. The maximum Gasteiger partial charge on any atom is 0.416 e. The van der Waals surface area contributed by atoms with Gasteiger partial charge < -0.3 is 14.6 Å². The molecule has 126 valence electrons. The van der Waals surface area contributed by atoms with Crippen LogP contribution in [0.4, 0.5) is 13.2 Å². The molecule has 0 amide bonds. The van der Waals surface area contributed by atoms with Crippen LogP contribution in [0.25, 0.3) is 0 Å². The maximum atomic E-state index is 13.5. The first-order valence-electron chi connectivity index (χ1n) is 7.59. The van der Waals surface area contributed by atoms with E-state index in [-0.39, 0.29) is 43.1 Å². The second-order valence-electron chi connectivity index (χ2n) is 5.99. The van der Waals surface area contributed by atoms with Crippen molar-refractivity contribution < 1.29 is 32.5 Å². The van der Waals surface area contributed by atoms with Gasteiger partial charge in [-0.25, -0.2) is 0 Å². The molecule has 1 fully saturated rings. The molecule has 2 aliphatic rings. The number of ether oxygens (including phenoxy) is 2. The molecule has 1 saturated carbocycles. The minimum absolute atomic E-state index is 0.0173. The summed E-state index contributed by atoms with van der Waals surface area (Å²) in [6.07, 6.45) is -2.22. The van der Waals surface area contributed by atoms with Crippen LogP contribution in [0.5, 0.6) is 11.5 Å². The third kappa shape index (κ3) is 2.72. The maximum absolute atomic E-state index is 13.5. The van der Waals surface area contributed by atoms with E-state index in [1.807, 2.05) is 0 Å². The predicted molar refractivity (Wildman–Crippen MR) is 74.8 cm³/mol. The van der Waals surface area contributed by atoms with Gasteiger partial charge in [-0.15, -0.1) is 0 Å². The molecule has 23 heavy (non-hydrogen) atoms. The molecule has 7 heteroatoms. The molecule has 0 unspecified atom stereocenters. The second-order valence-corrected chi connectivity index (χ2v) is 5.99. The van der Waals surface area contributed by atoms with Gasteiger partial charge in [-0.05, 0) is 30.5 Å². The van der Waals surface area contributed by atoms with Gasteiger partial charge in [0.15, 0.2) is 11.5 Å². The number of fused-ring (bicyclic) bond motifs is 1. The van der Waals surface area contributed by atoms with Crippen LogP contribution >= 0.6 is 0 Å². The lowest BCUT2D eigenvalue weighted by Gasteiger charge is -2.36. The Morgan fingerprint density at radius 2 is 1.61 bits per heavy atom. The van der Waals surface area contributed by atoms with E-state index in [0.717, 1.165) is 12.5 Å². The fraction of sp³-hybridized carbons (Fsp3) is 0.562. The van der Waals surface area contributed by atoms with Crippen LogP contribution in [0, 0.1) is 0 Å². The summed E-state index contributed by atoms with van der Waals surface area (Å²) in [6.45, 7) is 0.408. The van der Waals surface area contributed by atoms with Gasteiger partial charge in [0.2, 0.25) is 0 Å². The Morgan fingerprint density at radius 3 is 2.13 bits per heavy atom. The van der Waals surface area contributed by atoms with Crippen LogP contribution in [0.15, 0.2) is 12.1 Å². The van der Waals surface area contributed by atoms with Gasteiger partial charge in [-0.2, -0.15) is 13.2 Å². The van der Waals surface area contributed by atoms with E-state index < -0.39 is 23.1 Å². The predicted octanol–water partition coefficient (Wildman–Crippen LogP) is 3.76. The number of carboxylic acid groups (broad SMARTS) is 1. The van der Waals surface area contributed by atoms with E-state index >= 15 is 0 Å². The molecule has 0 radical (unpaired) electrons. The SMILES string of the molecule is O=C(O)C1(c2cc3c(cc2C(F)(F)F)OCCO3)CCCCC1. The zero-order valence-corrected chi connectivity index (χ0v) is 12.4. The molecule has 1 N–H and O–H groups in total. The number of halogens is 3. The number of carbonyl (C=O) groups is 1. The summed E-state index contributed by atoms with van der Waals surface area (Å²) in [6, 6.07) is 2.10. The second kappa shape index (κ2) is 5.62. The van der Waals surface area contributed by atoms with Gasteiger partial charge in [0, 0.05) is 0 Å². The Morgan fingerprint density at radius 1 is 1.04 bits per heavy atom. The number of hydrogen-bond acceptors (Lipinski definition) is 3. The molecule has 0 atom stereocenters. The number of hydrogen-bond donors (Lipinski definition) is 1. The van der Waals surface area contributed by atoms with Gasteiger partial charge in [-0.3, -0.25) is 4.79 Å². The Bertz CT molecular complexity index is 618. The standard InChI is InChI=1S/C16H17F3O4/c17-16(18,19)11-9-13-12(22-6-7-23-13)8-10(11)15(14(20)21)4-2-1-3-5-15/h8-9H,1-7H2,(H,20,21). The fourth-order valence-corrected chi connectivity index (χ4v) is 3.47. The largest absolute Gasteiger partial charge is 0.486 e. The summed E-state index contributed by atoms with van der Waals surface area (Å²) in [4.78, 5) is 11.9. The van der Waals surface area contributed by atoms with Crippen LogP contribution in [0.2, 0.25) is 0 Å². The highest BCUT2D eigenvalue weighted by Crippen LogP contribution is 2.49.